The van der Waals surface area contributed by atoms with Crippen LogP contribution in [0.1, 0.15) is 88.2 Å². The Hall–Kier alpha value is -3.41. The highest BCUT2D eigenvalue weighted by Gasteiger charge is 2.46. The average molecular weight is 530 g/mol. The molecule has 3 atom stereocenters. The lowest BCUT2D eigenvalue weighted by Gasteiger charge is -2.38. The highest BCUT2D eigenvalue weighted by Crippen LogP contribution is 2.47. The van der Waals surface area contributed by atoms with Gasteiger partial charge in [-0.05, 0) is 74.6 Å². The topological polar surface area (TPSA) is 74.2 Å². The number of hydrogen-bond acceptors (Lipinski definition) is 6. The Morgan fingerprint density at radius 1 is 0.949 bits per heavy atom. The second-order valence-corrected chi connectivity index (χ2v) is 11.0. The lowest BCUT2D eigenvalue weighted by molar-refractivity contribution is -0.146. The molecule has 6 heteroatoms. The van der Waals surface area contributed by atoms with E-state index in [0.717, 1.165) is 48.9 Å². The van der Waals surface area contributed by atoms with Crippen molar-refractivity contribution in [2.24, 2.45) is 10.9 Å². The molecule has 2 aromatic carbocycles. The first kappa shape index (κ1) is 27.2. The van der Waals surface area contributed by atoms with E-state index in [1.54, 1.807) is 7.11 Å². The molecule has 2 fully saturated rings. The quantitative estimate of drug-likeness (QED) is 0.347. The zero-order valence-corrected chi connectivity index (χ0v) is 23.3. The third kappa shape index (κ3) is 5.80. The molecule has 0 bridgehead atoms. The number of fused-ring (bicyclic) bond motifs is 1. The number of allylic oxidation sites excluding steroid dienone is 1. The fourth-order valence-electron chi connectivity index (χ4n) is 6.37. The summed E-state index contributed by atoms with van der Waals surface area (Å²) in [4.78, 5) is 32.6. The minimum atomic E-state index is -0.505. The van der Waals surface area contributed by atoms with E-state index < -0.39 is 11.8 Å². The summed E-state index contributed by atoms with van der Waals surface area (Å²) >= 11 is 0. The van der Waals surface area contributed by atoms with E-state index in [9.17, 15) is 9.59 Å². The van der Waals surface area contributed by atoms with Crippen molar-refractivity contribution in [3.05, 3.63) is 70.9 Å². The van der Waals surface area contributed by atoms with E-state index >= 15 is 0 Å². The lowest BCUT2D eigenvalue weighted by atomic mass is 9.66. The monoisotopic (exact) mass is 529 g/mol. The Kier molecular flexibility index (Phi) is 8.49. The molecule has 1 aliphatic heterocycles. The molecule has 0 saturated heterocycles. The van der Waals surface area contributed by atoms with Gasteiger partial charge in [-0.15, -0.1) is 0 Å². The molecular weight excluding hydrogens is 490 g/mol. The summed E-state index contributed by atoms with van der Waals surface area (Å²) in [6, 6.07) is 15.9. The number of benzene rings is 2. The van der Waals surface area contributed by atoms with Gasteiger partial charge in [0.25, 0.3) is 0 Å². The van der Waals surface area contributed by atoms with Crippen LogP contribution in [0.25, 0.3) is 0 Å². The SMILES string of the molecule is CCCOc1ccc([C@@H]2C(C(=O)OC3CCCCC3)=C(C)N=C3C[C@@H](c4ccccc4)CC(=O)C32)cc1OC. The van der Waals surface area contributed by atoms with Gasteiger partial charge in [0.1, 0.15) is 11.9 Å². The summed E-state index contributed by atoms with van der Waals surface area (Å²) in [6.07, 6.45) is 6.99. The minimum Gasteiger partial charge on any atom is -0.493 e. The number of carbonyl (C=O) groups is 2. The maximum atomic E-state index is 13.9. The molecule has 0 aromatic heterocycles. The molecule has 39 heavy (non-hydrogen) atoms. The fraction of sp³-hybridized carbons (Fsp3) is 0.485. The van der Waals surface area contributed by atoms with Crippen LogP contribution in [-0.2, 0) is 14.3 Å². The van der Waals surface area contributed by atoms with Gasteiger partial charge >= 0.3 is 5.97 Å². The van der Waals surface area contributed by atoms with Crippen LogP contribution in [0.2, 0.25) is 0 Å². The maximum absolute atomic E-state index is 13.9. The largest absolute Gasteiger partial charge is 0.493 e. The number of Topliss-reactive ketones (excluding diaryl/α,β-unsaturated/α-hetero) is 1. The van der Waals surface area contributed by atoms with E-state index in [-0.39, 0.29) is 23.8 Å². The Labute approximate surface area is 231 Å². The minimum absolute atomic E-state index is 0.0808. The van der Waals surface area contributed by atoms with Gasteiger partial charge in [-0.3, -0.25) is 9.79 Å². The number of methoxy groups -OCH3 is 1. The Bertz CT molecular complexity index is 1260. The van der Waals surface area contributed by atoms with Gasteiger partial charge in [0.15, 0.2) is 11.5 Å². The first-order chi connectivity index (χ1) is 19.0. The molecule has 1 unspecified atom stereocenters. The van der Waals surface area contributed by atoms with Gasteiger partial charge in [0.2, 0.25) is 0 Å². The molecule has 2 saturated carbocycles. The van der Waals surface area contributed by atoms with Gasteiger partial charge in [-0.25, -0.2) is 4.79 Å². The molecule has 2 aliphatic carbocycles. The fourth-order valence-corrected chi connectivity index (χ4v) is 6.37. The second-order valence-electron chi connectivity index (χ2n) is 11.0. The van der Waals surface area contributed by atoms with Gasteiger partial charge in [0, 0.05) is 23.7 Å². The van der Waals surface area contributed by atoms with Crippen LogP contribution >= 0.6 is 0 Å². The highest BCUT2D eigenvalue weighted by molar-refractivity contribution is 6.12. The lowest BCUT2D eigenvalue weighted by Crippen LogP contribution is -2.41. The van der Waals surface area contributed by atoms with Crippen molar-refractivity contribution in [3.8, 4) is 11.5 Å². The smallest absolute Gasteiger partial charge is 0.336 e. The Morgan fingerprint density at radius 2 is 1.72 bits per heavy atom. The average Bonchev–Trinajstić information content (AvgIpc) is 2.96. The van der Waals surface area contributed by atoms with Crippen LogP contribution < -0.4 is 9.47 Å². The molecule has 0 radical (unpaired) electrons. The summed E-state index contributed by atoms with van der Waals surface area (Å²) in [5.41, 5.74) is 3.97. The number of carbonyl (C=O) groups excluding carboxylic acids is 2. The van der Waals surface area contributed by atoms with Crippen molar-refractivity contribution in [1.29, 1.82) is 0 Å². The normalized spacial score (nSPS) is 23.6. The zero-order valence-electron chi connectivity index (χ0n) is 23.3. The molecule has 1 heterocycles. The third-order valence-electron chi connectivity index (χ3n) is 8.28. The van der Waals surface area contributed by atoms with Crippen LogP contribution in [0.15, 0.2) is 64.8 Å². The van der Waals surface area contributed by atoms with Crippen LogP contribution in [0.5, 0.6) is 11.5 Å². The van der Waals surface area contributed by atoms with Crippen LogP contribution in [-0.4, -0.2) is 37.3 Å². The molecule has 206 valence electrons. The van der Waals surface area contributed by atoms with Crippen molar-refractivity contribution in [3.63, 3.8) is 0 Å². The van der Waals surface area contributed by atoms with E-state index in [2.05, 4.69) is 19.1 Å². The third-order valence-corrected chi connectivity index (χ3v) is 8.28. The Balaban J connectivity index is 1.54. The molecule has 6 nitrogen and oxygen atoms in total. The molecular formula is C33H39NO5. The second kappa shape index (κ2) is 12.2. The highest BCUT2D eigenvalue weighted by atomic mass is 16.5. The van der Waals surface area contributed by atoms with Crippen molar-refractivity contribution in [2.45, 2.75) is 83.2 Å². The first-order valence-electron chi connectivity index (χ1n) is 14.4. The molecule has 0 amide bonds. The van der Waals surface area contributed by atoms with Crippen molar-refractivity contribution >= 4 is 17.5 Å². The summed E-state index contributed by atoms with van der Waals surface area (Å²) in [7, 11) is 1.61. The molecule has 0 N–H and O–H groups in total. The van der Waals surface area contributed by atoms with Crippen molar-refractivity contribution in [2.75, 3.05) is 13.7 Å². The number of nitrogens with zero attached hydrogens (tertiary/aromatic N) is 1. The first-order valence-corrected chi connectivity index (χ1v) is 14.4. The number of ketones is 1. The van der Waals surface area contributed by atoms with Crippen molar-refractivity contribution < 1.29 is 23.8 Å². The van der Waals surface area contributed by atoms with E-state index in [0.29, 0.717) is 42.2 Å². The standard InChI is InChI=1S/C33H39NO5/c1-4-17-38-28-16-15-23(20-29(28)37-3)31-30(33(36)39-25-13-9-6-10-14-25)21(2)34-26-18-24(19-27(35)32(26)31)22-11-7-5-8-12-22/h5,7-8,11-12,15-16,20,24-25,31-32H,4,6,9-10,13-14,17-19H2,1-3H3/t24-,31-,32?/m1/s1. The molecule has 0 spiro atoms. The van der Waals surface area contributed by atoms with Gasteiger partial charge in [0.05, 0.1) is 25.2 Å². The number of esters is 1. The number of hydrogen-bond donors (Lipinski definition) is 0. The summed E-state index contributed by atoms with van der Waals surface area (Å²) in [6.45, 7) is 4.51. The van der Waals surface area contributed by atoms with E-state index in [1.807, 2.05) is 43.3 Å². The predicted octanol–water partition coefficient (Wildman–Crippen LogP) is 6.94. The number of rotatable bonds is 8. The van der Waals surface area contributed by atoms with Crippen molar-refractivity contribution in [1.82, 2.24) is 0 Å². The van der Waals surface area contributed by atoms with Gasteiger partial charge in [-0.2, -0.15) is 0 Å². The van der Waals surface area contributed by atoms with Gasteiger partial charge in [-0.1, -0.05) is 49.7 Å². The predicted molar refractivity (Wildman–Crippen MR) is 152 cm³/mol. The number of aliphatic imine (C=N–C) groups is 1. The van der Waals surface area contributed by atoms with Crippen LogP contribution in [0, 0.1) is 5.92 Å². The van der Waals surface area contributed by atoms with Crippen LogP contribution in [0.3, 0.4) is 0 Å². The molecule has 5 rings (SSSR count). The summed E-state index contributed by atoms with van der Waals surface area (Å²) < 4.78 is 17.6. The number of ether oxygens (including phenoxy) is 3. The van der Waals surface area contributed by atoms with E-state index in [1.165, 1.54) is 6.42 Å². The van der Waals surface area contributed by atoms with Gasteiger partial charge < -0.3 is 14.2 Å². The Morgan fingerprint density at radius 3 is 2.44 bits per heavy atom. The summed E-state index contributed by atoms with van der Waals surface area (Å²) in [5, 5.41) is 0. The summed E-state index contributed by atoms with van der Waals surface area (Å²) in [5.74, 6) is 0.0981. The van der Waals surface area contributed by atoms with E-state index in [4.69, 9.17) is 19.2 Å². The zero-order chi connectivity index (χ0) is 27.4. The molecule has 2 aromatic rings. The molecule has 3 aliphatic rings. The maximum Gasteiger partial charge on any atom is 0.336 e. The van der Waals surface area contributed by atoms with Crippen LogP contribution in [0.4, 0.5) is 0 Å².